The average Bonchev–Trinajstić information content (AvgIpc) is 3.17. The molecule has 0 spiro atoms. The molecule has 0 unspecified atom stereocenters. The Morgan fingerprint density at radius 1 is 1.45 bits per heavy atom. The van der Waals surface area contributed by atoms with Crippen LogP contribution in [-0.4, -0.2) is 38.5 Å². The molecule has 1 aromatic heterocycles. The summed E-state index contributed by atoms with van der Waals surface area (Å²) < 4.78 is 12.0. The number of nitrogens with one attached hydrogen (secondary N) is 2. The minimum Gasteiger partial charge on any atom is -0.454 e. The van der Waals surface area contributed by atoms with Crippen molar-refractivity contribution in [1.29, 1.82) is 10.7 Å². The van der Waals surface area contributed by atoms with E-state index in [2.05, 4.69) is 26.1 Å². The fourth-order valence-corrected chi connectivity index (χ4v) is 1.74. The smallest absolute Gasteiger partial charge is 0.231 e. The number of nitriles is 1. The van der Waals surface area contributed by atoms with Crippen LogP contribution in [0.15, 0.2) is 23.6 Å². The molecule has 22 heavy (non-hydrogen) atoms. The number of nitrogens with two attached hydrogens (primary N) is 1. The number of ether oxygens (including phenoxy) is 2. The molecular formula is C11H9N9O2. The van der Waals surface area contributed by atoms with Gasteiger partial charge in [-0.15, -0.1) is 5.10 Å². The van der Waals surface area contributed by atoms with Gasteiger partial charge >= 0.3 is 0 Å². The van der Waals surface area contributed by atoms with Gasteiger partial charge in [0.05, 0.1) is 11.4 Å². The van der Waals surface area contributed by atoms with Crippen molar-refractivity contribution in [3.8, 4) is 23.3 Å². The summed E-state index contributed by atoms with van der Waals surface area (Å²) in [6.07, 6.45) is 1.39. The number of tetrazole rings is 1. The maximum atomic E-state index is 8.86. The largest absolute Gasteiger partial charge is 0.454 e. The molecule has 0 aliphatic carbocycles. The zero-order valence-corrected chi connectivity index (χ0v) is 11.0. The predicted molar refractivity (Wildman–Crippen MR) is 73.9 cm³/mol. The Hall–Kier alpha value is -3.68. The molecule has 110 valence electrons. The van der Waals surface area contributed by atoms with Crippen LogP contribution in [0.3, 0.4) is 0 Å². The van der Waals surface area contributed by atoms with Gasteiger partial charge in [0.15, 0.2) is 17.3 Å². The summed E-state index contributed by atoms with van der Waals surface area (Å²) in [4.78, 5) is 0. The van der Waals surface area contributed by atoms with Crippen LogP contribution >= 0.6 is 0 Å². The second-order valence-electron chi connectivity index (χ2n) is 4.07. The van der Waals surface area contributed by atoms with Crippen LogP contribution in [-0.2, 0) is 0 Å². The number of hydrogen-bond donors (Lipinski definition) is 3. The Morgan fingerprint density at radius 2 is 2.23 bits per heavy atom. The topological polar surface area (TPSA) is 160 Å². The van der Waals surface area contributed by atoms with E-state index in [-0.39, 0.29) is 12.5 Å². The number of hydrogen-bond acceptors (Lipinski definition) is 9. The van der Waals surface area contributed by atoms with Crippen LogP contribution in [0.1, 0.15) is 0 Å². The average molecular weight is 299 g/mol. The number of rotatable bonds is 4. The third-order valence-corrected chi connectivity index (χ3v) is 2.74. The Kier molecular flexibility index (Phi) is 3.25. The van der Waals surface area contributed by atoms with Crippen LogP contribution in [0.25, 0.3) is 5.69 Å². The molecule has 0 fully saturated rings. The van der Waals surface area contributed by atoms with E-state index in [1.807, 2.05) is 0 Å². The molecule has 2 aromatic rings. The van der Waals surface area contributed by atoms with Crippen molar-refractivity contribution < 1.29 is 9.47 Å². The summed E-state index contributed by atoms with van der Waals surface area (Å²) in [5.74, 6) is 0.600. The fraction of sp³-hybridized carbons (Fsp3) is 0.0909. The van der Waals surface area contributed by atoms with Gasteiger partial charge in [-0.2, -0.15) is 15.0 Å². The Balaban J connectivity index is 2.03. The van der Waals surface area contributed by atoms with Crippen molar-refractivity contribution >= 4 is 17.2 Å². The van der Waals surface area contributed by atoms with Gasteiger partial charge in [-0.05, 0) is 10.4 Å². The minimum atomic E-state index is -0.445. The van der Waals surface area contributed by atoms with E-state index < -0.39 is 5.84 Å². The van der Waals surface area contributed by atoms with Gasteiger partial charge in [-0.1, -0.05) is 0 Å². The van der Waals surface area contributed by atoms with Gasteiger partial charge in [0, 0.05) is 12.1 Å². The number of benzene rings is 1. The Morgan fingerprint density at radius 3 is 2.86 bits per heavy atom. The third-order valence-electron chi connectivity index (χ3n) is 2.74. The molecule has 4 N–H and O–H groups in total. The zero-order valence-electron chi connectivity index (χ0n) is 11.0. The molecule has 11 heteroatoms. The first-order valence-electron chi connectivity index (χ1n) is 5.94. The van der Waals surface area contributed by atoms with E-state index >= 15 is 0 Å². The summed E-state index contributed by atoms with van der Waals surface area (Å²) in [7, 11) is 0. The lowest BCUT2D eigenvalue weighted by Crippen LogP contribution is -2.22. The van der Waals surface area contributed by atoms with Gasteiger partial charge in [-0.25, -0.2) is 0 Å². The number of fused-ring (bicyclic) bond motifs is 1. The van der Waals surface area contributed by atoms with Gasteiger partial charge < -0.3 is 15.2 Å². The number of amidine groups is 1. The van der Waals surface area contributed by atoms with Crippen LogP contribution < -0.4 is 20.6 Å². The van der Waals surface area contributed by atoms with Gasteiger partial charge in [0.25, 0.3) is 0 Å². The van der Waals surface area contributed by atoms with E-state index in [1.165, 1.54) is 11.0 Å². The first-order valence-corrected chi connectivity index (χ1v) is 5.94. The molecule has 0 amide bonds. The van der Waals surface area contributed by atoms with Crippen molar-refractivity contribution in [2.24, 2.45) is 10.8 Å². The summed E-state index contributed by atoms with van der Waals surface area (Å²) in [5, 5.41) is 30.8. The van der Waals surface area contributed by atoms with E-state index in [9.17, 15) is 0 Å². The van der Waals surface area contributed by atoms with E-state index in [0.717, 1.165) is 0 Å². The van der Waals surface area contributed by atoms with E-state index in [4.69, 9.17) is 25.9 Å². The summed E-state index contributed by atoms with van der Waals surface area (Å²) in [6, 6.07) is 5.00. The molecule has 0 saturated carbocycles. The second-order valence-corrected chi connectivity index (χ2v) is 4.07. The maximum absolute atomic E-state index is 8.86. The van der Waals surface area contributed by atoms with E-state index in [1.54, 1.807) is 18.2 Å². The highest BCUT2D eigenvalue weighted by Crippen LogP contribution is 2.38. The number of hydrazone groups is 1. The standard InChI is InChI=1S/C11H9N9O2/c12-3-7(11(13)14)17-16-6-1-9-10(22-5-21-9)2-8(6)20-4-15-18-19-20/h1-2,4,16H,5H2,(H3,13,14)/b17-7+. The van der Waals surface area contributed by atoms with Gasteiger partial charge in [0.2, 0.25) is 12.5 Å². The maximum Gasteiger partial charge on any atom is 0.231 e. The van der Waals surface area contributed by atoms with Crippen molar-refractivity contribution in [3.05, 3.63) is 18.5 Å². The molecule has 0 saturated heterocycles. The van der Waals surface area contributed by atoms with Crippen molar-refractivity contribution in [2.75, 3.05) is 12.2 Å². The minimum absolute atomic E-state index is 0.105. The molecule has 11 nitrogen and oxygen atoms in total. The molecule has 2 heterocycles. The number of aromatic nitrogens is 4. The molecule has 0 radical (unpaired) electrons. The number of nitrogens with zero attached hydrogens (tertiary/aromatic N) is 6. The molecule has 0 bridgehead atoms. The fourth-order valence-electron chi connectivity index (χ4n) is 1.74. The lowest BCUT2D eigenvalue weighted by molar-refractivity contribution is 0.174. The van der Waals surface area contributed by atoms with Crippen molar-refractivity contribution in [3.63, 3.8) is 0 Å². The van der Waals surface area contributed by atoms with Crippen molar-refractivity contribution in [2.45, 2.75) is 0 Å². The molecule has 1 aliphatic rings. The first kappa shape index (κ1) is 13.3. The molecule has 3 rings (SSSR count). The van der Waals surface area contributed by atoms with E-state index in [0.29, 0.717) is 22.9 Å². The normalized spacial score (nSPS) is 12.8. The lowest BCUT2D eigenvalue weighted by atomic mass is 10.2. The molecule has 1 aliphatic heterocycles. The predicted octanol–water partition coefficient (Wildman–Crippen LogP) is -0.382. The van der Waals surface area contributed by atoms with Crippen LogP contribution in [0.2, 0.25) is 0 Å². The highest BCUT2D eigenvalue weighted by molar-refractivity contribution is 6.45. The highest BCUT2D eigenvalue weighted by Gasteiger charge is 2.19. The SMILES string of the molecule is N#C/C(=N\Nc1cc2c(cc1-n1cnnn1)OCO2)C(=N)N. The summed E-state index contributed by atoms with van der Waals surface area (Å²) in [5.41, 5.74) is 8.62. The van der Waals surface area contributed by atoms with Gasteiger partial charge in [-0.3, -0.25) is 10.8 Å². The highest BCUT2D eigenvalue weighted by atomic mass is 16.7. The van der Waals surface area contributed by atoms with Crippen LogP contribution in [0, 0.1) is 16.7 Å². The summed E-state index contributed by atoms with van der Waals surface area (Å²) in [6.45, 7) is 0.105. The van der Waals surface area contributed by atoms with Crippen molar-refractivity contribution in [1.82, 2.24) is 20.2 Å². The zero-order chi connectivity index (χ0) is 15.5. The monoisotopic (exact) mass is 299 g/mol. The third kappa shape index (κ3) is 2.36. The Labute approximate surface area is 123 Å². The number of anilines is 1. The molecule has 1 aromatic carbocycles. The molecular weight excluding hydrogens is 290 g/mol. The Bertz CT molecular complexity index is 791. The quantitative estimate of drug-likeness (QED) is 0.391. The lowest BCUT2D eigenvalue weighted by Gasteiger charge is -2.09. The van der Waals surface area contributed by atoms with Gasteiger partial charge in [0.1, 0.15) is 12.4 Å². The second kappa shape index (κ2) is 5.37. The summed E-state index contributed by atoms with van der Waals surface area (Å²) >= 11 is 0. The first-order chi connectivity index (χ1) is 10.7. The van der Waals surface area contributed by atoms with Crippen LogP contribution in [0.4, 0.5) is 5.69 Å². The molecule has 0 atom stereocenters. The van der Waals surface area contributed by atoms with Crippen LogP contribution in [0.5, 0.6) is 11.5 Å².